The van der Waals surface area contributed by atoms with Gasteiger partial charge in [-0.05, 0) is 25.0 Å². The molecule has 0 aromatic carbocycles. The van der Waals surface area contributed by atoms with E-state index < -0.39 is 17.4 Å². The van der Waals surface area contributed by atoms with Crippen molar-refractivity contribution in [2.45, 2.75) is 24.4 Å². The highest BCUT2D eigenvalue weighted by molar-refractivity contribution is 5.57. The van der Waals surface area contributed by atoms with Gasteiger partial charge in [-0.25, -0.2) is 23.7 Å². The molecule has 3 aromatic rings. The number of hydrogen-bond donors (Lipinski definition) is 2. The Hall–Kier alpha value is -3.23. The summed E-state index contributed by atoms with van der Waals surface area (Å²) < 4.78 is 27.8. The molecule has 1 saturated carbocycles. The largest absolute Gasteiger partial charge is 0.382 e. The van der Waals surface area contributed by atoms with E-state index in [0.29, 0.717) is 29.6 Å². The number of halogens is 2. The van der Waals surface area contributed by atoms with Crippen LogP contribution in [0.5, 0.6) is 0 Å². The minimum absolute atomic E-state index is 0.213. The lowest BCUT2D eigenvalue weighted by Gasteiger charge is -2.43. The number of rotatable bonds is 5. The number of nitrogen functional groups attached to an aromatic ring is 1. The summed E-state index contributed by atoms with van der Waals surface area (Å²) in [4.78, 5) is 20.8. The number of alkyl halides is 1. The molecule has 0 spiro atoms. The van der Waals surface area contributed by atoms with Crippen LogP contribution >= 0.6 is 0 Å². The van der Waals surface area contributed by atoms with Crippen molar-refractivity contribution in [1.82, 2.24) is 24.9 Å². The number of nitrogens with one attached hydrogen (secondary N) is 1. The smallest absolute Gasteiger partial charge is 0.222 e. The molecule has 0 aliphatic heterocycles. The van der Waals surface area contributed by atoms with Gasteiger partial charge in [0.15, 0.2) is 0 Å². The van der Waals surface area contributed by atoms with Crippen LogP contribution in [0.15, 0.2) is 43.1 Å². The van der Waals surface area contributed by atoms with Gasteiger partial charge in [0.2, 0.25) is 5.95 Å². The fourth-order valence-corrected chi connectivity index (χ4v) is 3.31. The summed E-state index contributed by atoms with van der Waals surface area (Å²) in [5.41, 5.74) is 6.43. The molecule has 138 valence electrons. The Morgan fingerprint density at radius 2 is 1.93 bits per heavy atom. The molecular weight excluding hydrogens is 352 g/mol. The normalized spacial score (nSPS) is 21.5. The van der Waals surface area contributed by atoms with Crippen molar-refractivity contribution in [3.8, 4) is 11.3 Å². The monoisotopic (exact) mass is 369 g/mol. The molecule has 1 aliphatic carbocycles. The zero-order valence-corrected chi connectivity index (χ0v) is 14.3. The Balaban J connectivity index is 1.50. The van der Waals surface area contributed by atoms with Gasteiger partial charge < -0.3 is 11.1 Å². The molecule has 4 rings (SSSR count). The molecule has 0 saturated heterocycles. The summed E-state index contributed by atoms with van der Waals surface area (Å²) >= 11 is 0. The highest BCUT2D eigenvalue weighted by Crippen LogP contribution is 2.45. The van der Waals surface area contributed by atoms with E-state index in [2.05, 4.69) is 30.2 Å². The molecule has 0 atom stereocenters. The minimum atomic E-state index is -0.960. The van der Waals surface area contributed by atoms with Gasteiger partial charge in [0.1, 0.15) is 17.8 Å². The fourth-order valence-electron chi connectivity index (χ4n) is 3.31. The van der Waals surface area contributed by atoms with Crippen molar-refractivity contribution in [2.75, 3.05) is 17.6 Å². The maximum Gasteiger partial charge on any atom is 0.222 e. The van der Waals surface area contributed by atoms with Crippen LogP contribution < -0.4 is 11.1 Å². The van der Waals surface area contributed by atoms with Gasteiger partial charge in [-0.1, -0.05) is 0 Å². The minimum Gasteiger partial charge on any atom is -0.382 e. The zero-order chi connectivity index (χ0) is 18.9. The first-order valence-corrected chi connectivity index (χ1v) is 8.45. The molecule has 0 amide bonds. The van der Waals surface area contributed by atoms with E-state index in [1.807, 2.05) is 0 Å². The van der Waals surface area contributed by atoms with Crippen LogP contribution in [0.2, 0.25) is 0 Å². The maximum absolute atomic E-state index is 14.2. The second-order valence-electron chi connectivity index (χ2n) is 6.60. The van der Waals surface area contributed by atoms with E-state index in [1.165, 1.54) is 24.5 Å². The van der Waals surface area contributed by atoms with Crippen molar-refractivity contribution >= 4 is 11.8 Å². The Morgan fingerprint density at radius 1 is 1.15 bits per heavy atom. The van der Waals surface area contributed by atoms with E-state index in [9.17, 15) is 8.78 Å². The summed E-state index contributed by atoms with van der Waals surface area (Å²) in [7, 11) is 0. The van der Waals surface area contributed by atoms with Gasteiger partial charge in [-0.2, -0.15) is 0 Å². The van der Waals surface area contributed by atoms with Crippen molar-refractivity contribution in [3.63, 3.8) is 0 Å². The molecule has 1 fully saturated rings. The summed E-state index contributed by atoms with van der Waals surface area (Å²) in [6, 6.07) is 2.86. The van der Waals surface area contributed by atoms with Gasteiger partial charge in [-0.3, -0.25) is 9.97 Å². The van der Waals surface area contributed by atoms with Crippen LogP contribution in [-0.4, -0.2) is 37.6 Å². The van der Waals surface area contributed by atoms with Crippen molar-refractivity contribution in [2.24, 2.45) is 0 Å². The molecule has 0 radical (unpaired) electrons. The highest BCUT2D eigenvalue weighted by atomic mass is 19.1. The Morgan fingerprint density at radius 3 is 2.59 bits per heavy atom. The summed E-state index contributed by atoms with van der Waals surface area (Å²) in [6.45, 7) is 0.290. The molecule has 27 heavy (non-hydrogen) atoms. The summed E-state index contributed by atoms with van der Waals surface area (Å²) in [5.74, 6) is 0.233. The average Bonchev–Trinajstić information content (AvgIpc) is 2.65. The second-order valence-corrected chi connectivity index (χ2v) is 6.60. The quantitative estimate of drug-likeness (QED) is 0.712. The molecular formula is C18H17F2N7. The standard InChI is InChI=1S/C18H17F2N7/c19-12-4-18(5-12,16-13(20)2-1-3-23-16)10-26-17-24-6-11(7-25-17)14-8-22-9-15(21)27-14/h1-3,6-9,12H,4-5,10H2,(H2,21,27)(H,24,25,26). The second kappa shape index (κ2) is 6.82. The van der Waals surface area contributed by atoms with Crippen molar-refractivity contribution in [3.05, 3.63) is 54.6 Å². The molecule has 3 aromatic heterocycles. The van der Waals surface area contributed by atoms with Crippen LogP contribution in [0.1, 0.15) is 18.5 Å². The van der Waals surface area contributed by atoms with Crippen molar-refractivity contribution < 1.29 is 8.78 Å². The van der Waals surface area contributed by atoms with Crippen LogP contribution in [0, 0.1) is 5.82 Å². The number of nitrogens with two attached hydrogens (primary N) is 1. The fraction of sp³-hybridized carbons (Fsp3) is 0.278. The lowest BCUT2D eigenvalue weighted by Crippen LogP contribution is -2.49. The van der Waals surface area contributed by atoms with Gasteiger partial charge >= 0.3 is 0 Å². The number of nitrogens with zero attached hydrogens (tertiary/aromatic N) is 5. The number of pyridine rings is 1. The lowest BCUT2D eigenvalue weighted by molar-refractivity contribution is 0.0963. The lowest BCUT2D eigenvalue weighted by atomic mass is 9.65. The van der Waals surface area contributed by atoms with Crippen LogP contribution in [0.4, 0.5) is 20.5 Å². The molecule has 9 heteroatoms. The van der Waals surface area contributed by atoms with E-state index >= 15 is 0 Å². The third-order valence-electron chi connectivity index (χ3n) is 4.67. The molecule has 0 unspecified atom stereocenters. The maximum atomic E-state index is 14.2. The molecule has 7 nitrogen and oxygen atoms in total. The van der Waals surface area contributed by atoms with Gasteiger partial charge in [0.25, 0.3) is 0 Å². The first-order valence-electron chi connectivity index (χ1n) is 8.45. The Kier molecular flexibility index (Phi) is 4.35. The molecule has 0 bridgehead atoms. The zero-order valence-electron chi connectivity index (χ0n) is 14.3. The third kappa shape index (κ3) is 3.40. The number of aromatic nitrogens is 5. The van der Waals surface area contributed by atoms with Gasteiger partial charge in [0.05, 0.1) is 23.8 Å². The van der Waals surface area contributed by atoms with Gasteiger partial charge in [0, 0.05) is 36.1 Å². The summed E-state index contributed by atoms with van der Waals surface area (Å²) in [5, 5.41) is 3.07. The molecule has 3 N–H and O–H groups in total. The van der Waals surface area contributed by atoms with Crippen LogP contribution in [0.25, 0.3) is 11.3 Å². The van der Waals surface area contributed by atoms with Crippen LogP contribution in [0.3, 0.4) is 0 Å². The molecule has 3 heterocycles. The predicted molar refractivity (Wildman–Crippen MR) is 96.0 cm³/mol. The highest BCUT2D eigenvalue weighted by Gasteiger charge is 2.48. The van der Waals surface area contributed by atoms with E-state index in [0.717, 1.165) is 0 Å². The van der Waals surface area contributed by atoms with Crippen molar-refractivity contribution in [1.29, 1.82) is 0 Å². The first-order chi connectivity index (χ1) is 13.1. The number of anilines is 2. The SMILES string of the molecule is Nc1cncc(-c2cnc(NCC3(c4ncccc4F)CC(F)C3)nc2)n1. The molecule has 1 aliphatic rings. The first kappa shape index (κ1) is 17.2. The van der Waals surface area contributed by atoms with E-state index in [-0.39, 0.29) is 18.5 Å². The topological polar surface area (TPSA) is 102 Å². The van der Waals surface area contributed by atoms with E-state index in [4.69, 9.17) is 5.73 Å². The van der Waals surface area contributed by atoms with Crippen LogP contribution in [-0.2, 0) is 5.41 Å². The van der Waals surface area contributed by atoms with Gasteiger partial charge in [-0.15, -0.1) is 0 Å². The van der Waals surface area contributed by atoms with E-state index in [1.54, 1.807) is 18.6 Å². The number of hydrogen-bond acceptors (Lipinski definition) is 7. The Bertz CT molecular complexity index is 942. The Labute approximate surface area is 154 Å². The third-order valence-corrected chi connectivity index (χ3v) is 4.67. The predicted octanol–water partition coefficient (Wildman–Crippen LogP) is 2.53. The average molecular weight is 369 g/mol. The summed E-state index contributed by atoms with van der Waals surface area (Å²) in [6.07, 6.45) is 7.18.